The minimum Gasteiger partial charge on any atom is -0.478 e. The molecule has 0 fully saturated rings. The van der Waals surface area contributed by atoms with Crippen molar-refractivity contribution < 1.29 is 9.90 Å². The number of rotatable bonds is 3. The molecule has 1 aliphatic heterocycles. The van der Waals surface area contributed by atoms with Gasteiger partial charge < -0.3 is 5.11 Å². The van der Waals surface area contributed by atoms with E-state index in [1.54, 1.807) is 4.68 Å². The van der Waals surface area contributed by atoms with Gasteiger partial charge in [-0.15, -0.1) is 0 Å². The monoisotopic (exact) mass is 207 g/mol. The first-order valence-corrected chi connectivity index (χ1v) is 4.56. The molecule has 7 nitrogen and oxygen atoms in total. The number of aromatic carboxylic acids is 1. The molecule has 0 atom stereocenters. The molecule has 0 spiro atoms. The van der Waals surface area contributed by atoms with Gasteiger partial charge in [0.2, 0.25) is 0 Å². The second kappa shape index (κ2) is 3.62. The first-order chi connectivity index (χ1) is 7.24. The summed E-state index contributed by atoms with van der Waals surface area (Å²) in [4.78, 5) is 13.6. The van der Waals surface area contributed by atoms with Crippen LogP contribution >= 0.6 is 0 Å². The molecule has 0 bridgehead atoms. The van der Waals surface area contributed by atoms with Gasteiger partial charge in [-0.2, -0.15) is 5.10 Å². The molecule has 0 saturated heterocycles. The zero-order chi connectivity index (χ0) is 10.8. The van der Waals surface area contributed by atoms with Crippen LogP contribution in [0.25, 0.3) is 10.4 Å². The first-order valence-electron chi connectivity index (χ1n) is 4.56. The molecule has 0 unspecified atom stereocenters. The van der Waals surface area contributed by atoms with Gasteiger partial charge >= 0.3 is 5.97 Å². The van der Waals surface area contributed by atoms with Gasteiger partial charge in [-0.25, -0.2) is 4.79 Å². The maximum Gasteiger partial charge on any atom is 0.339 e. The predicted octanol–water partition coefficient (Wildman–Crippen LogP) is 1.34. The molecule has 2 rings (SSSR count). The Morgan fingerprint density at radius 2 is 2.53 bits per heavy atom. The van der Waals surface area contributed by atoms with Crippen LogP contribution in [-0.2, 0) is 19.5 Å². The van der Waals surface area contributed by atoms with Crippen LogP contribution in [0.4, 0.5) is 0 Å². The van der Waals surface area contributed by atoms with Crippen LogP contribution in [-0.4, -0.2) is 20.9 Å². The lowest BCUT2D eigenvalue weighted by Gasteiger charge is -1.95. The Bertz CT molecular complexity index is 458. The third-order valence-electron chi connectivity index (χ3n) is 2.41. The van der Waals surface area contributed by atoms with Crippen LogP contribution in [0.2, 0.25) is 0 Å². The highest BCUT2D eigenvalue weighted by Gasteiger charge is 2.25. The minimum atomic E-state index is -0.999. The molecular weight excluding hydrogens is 198 g/mol. The molecule has 1 aromatic heterocycles. The quantitative estimate of drug-likeness (QED) is 0.459. The molecular formula is C8H9N5O2. The Morgan fingerprint density at radius 1 is 1.73 bits per heavy atom. The lowest BCUT2D eigenvalue weighted by molar-refractivity contribution is 0.0694. The Kier molecular flexibility index (Phi) is 2.31. The lowest BCUT2D eigenvalue weighted by atomic mass is 10.1. The van der Waals surface area contributed by atoms with E-state index < -0.39 is 5.97 Å². The van der Waals surface area contributed by atoms with Crippen molar-refractivity contribution in [2.45, 2.75) is 25.9 Å². The predicted molar refractivity (Wildman–Crippen MR) is 50.4 cm³/mol. The van der Waals surface area contributed by atoms with E-state index in [4.69, 9.17) is 10.6 Å². The summed E-state index contributed by atoms with van der Waals surface area (Å²) in [6.45, 7) is 0.740. The Labute approximate surface area is 84.9 Å². The molecule has 0 aromatic carbocycles. The second-order valence-corrected chi connectivity index (χ2v) is 3.29. The molecule has 7 heteroatoms. The summed E-state index contributed by atoms with van der Waals surface area (Å²) >= 11 is 0. The number of carboxylic acid groups (broad SMARTS) is 1. The third-order valence-corrected chi connectivity index (χ3v) is 2.41. The highest BCUT2D eigenvalue weighted by atomic mass is 16.4. The zero-order valence-electron chi connectivity index (χ0n) is 7.92. The van der Waals surface area contributed by atoms with E-state index in [0.29, 0.717) is 5.69 Å². The van der Waals surface area contributed by atoms with E-state index in [2.05, 4.69) is 15.1 Å². The highest BCUT2D eigenvalue weighted by Crippen LogP contribution is 2.22. The van der Waals surface area contributed by atoms with Gasteiger partial charge in [0.1, 0.15) is 5.56 Å². The summed E-state index contributed by atoms with van der Waals surface area (Å²) in [6, 6.07) is 0. The maximum absolute atomic E-state index is 11.0. The molecule has 2 heterocycles. The lowest BCUT2D eigenvalue weighted by Crippen LogP contribution is -2.02. The van der Waals surface area contributed by atoms with Crippen molar-refractivity contribution in [2.24, 2.45) is 5.11 Å². The average molecular weight is 207 g/mol. The third kappa shape index (κ3) is 1.53. The van der Waals surface area contributed by atoms with Crippen LogP contribution in [0.5, 0.6) is 0 Å². The highest BCUT2D eigenvalue weighted by molar-refractivity contribution is 5.90. The van der Waals surface area contributed by atoms with Gasteiger partial charge in [-0.3, -0.25) is 4.68 Å². The van der Waals surface area contributed by atoms with Crippen LogP contribution in [0.15, 0.2) is 5.11 Å². The van der Waals surface area contributed by atoms with E-state index >= 15 is 0 Å². The number of hydrogen-bond acceptors (Lipinski definition) is 3. The van der Waals surface area contributed by atoms with Crippen LogP contribution in [0.3, 0.4) is 0 Å². The summed E-state index contributed by atoms with van der Waals surface area (Å²) in [5.74, 6) is -0.999. The maximum atomic E-state index is 11.0. The topological polar surface area (TPSA) is 104 Å². The normalized spacial score (nSPS) is 13.3. The van der Waals surface area contributed by atoms with Gasteiger partial charge in [0.25, 0.3) is 0 Å². The Balaban J connectivity index is 2.46. The van der Waals surface area contributed by atoms with Gasteiger partial charge in [0.15, 0.2) is 0 Å². The van der Waals surface area contributed by atoms with E-state index in [9.17, 15) is 4.79 Å². The van der Waals surface area contributed by atoms with Crippen LogP contribution in [0, 0.1) is 0 Å². The Morgan fingerprint density at radius 3 is 3.20 bits per heavy atom. The summed E-state index contributed by atoms with van der Waals surface area (Å²) in [6.07, 6.45) is 1.65. The van der Waals surface area contributed by atoms with Crippen molar-refractivity contribution in [3.05, 3.63) is 27.4 Å². The van der Waals surface area contributed by atoms with Gasteiger partial charge in [0.05, 0.1) is 17.9 Å². The summed E-state index contributed by atoms with van der Waals surface area (Å²) in [5.41, 5.74) is 9.49. The number of nitrogens with zero attached hydrogens (tertiary/aromatic N) is 5. The van der Waals surface area contributed by atoms with Gasteiger partial charge in [-0.1, -0.05) is 5.11 Å². The Hall–Kier alpha value is -2.01. The van der Waals surface area contributed by atoms with Crippen molar-refractivity contribution in [1.29, 1.82) is 0 Å². The van der Waals surface area contributed by atoms with E-state index in [1.807, 2.05) is 0 Å². The first kappa shape index (κ1) is 9.54. The largest absolute Gasteiger partial charge is 0.478 e. The van der Waals surface area contributed by atoms with Crippen molar-refractivity contribution in [3.8, 4) is 0 Å². The molecule has 1 aromatic rings. The van der Waals surface area contributed by atoms with Crippen LogP contribution in [0.1, 0.15) is 28.2 Å². The smallest absolute Gasteiger partial charge is 0.339 e. The van der Waals surface area contributed by atoms with Gasteiger partial charge in [-0.05, 0) is 18.4 Å². The molecule has 78 valence electrons. The van der Waals surface area contributed by atoms with Crippen molar-refractivity contribution >= 4 is 5.97 Å². The molecule has 0 radical (unpaired) electrons. The number of aryl methyl sites for hydroxylation is 1. The molecule has 0 aliphatic carbocycles. The van der Waals surface area contributed by atoms with Crippen LogP contribution < -0.4 is 0 Å². The van der Waals surface area contributed by atoms with E-state index in [1.165, 1.54) is 0 Å². The molecule has 15 heavy (non-hydrogen) atoms. The number of azide groups is 1. The van der Waals surface area contributed by atoms with Crippen molar-refractivity contribution in [1.82, 2.24) is 9.78 Å². The SMILES string of the molecule is [N-]=[N+]=NCc1nn2c(c1C(=O)O)CCC2. The molecule has 1 N–H and O–H groups in total. The summed E-state index contributed by atoms with van der Waals surface area (Å²) < 4.78 is 1.69. The minimum absolute atomic E-state index is 0.00185. The molecule has 0 amide bonds. The fraction of sp³-hybridized carbons (Fsp3) is 0.500. The van der Waals surface area contributed by atoms with Crippen molar-refractivity contribution in [2.75, 3.05) is 0 Å². The van der Waals surface area contributed by atoms with E-state index in [-0.39, 0.29) is 12.1 Å². The summed E-state index contributed by atoms with van der Waals surface area (Å²) in [7, 11) is 0. The average Bonchev–Trinajstić information content (AvgIpc) is 2.72. The fourth-order valence-electron chi connectivity index (χ4n) is 1.84. The van der Waals surface area contributed by atoms with E-state index in [0.717, 1.165) is 25.1 Å². The number of aromatic nitrogens is 2. The van der Waals surface area contributed by atoms with Crippen molar-refractivity contribution in [3.63, 3.8) is 0 Å². The number of fused-ring (bicyclic) bond motifs is 1. The molecule has 1 aliphatic rings. The van der Waals surface area contributed by atoms with Gasteiger partial charge in [0, 0.05) is 11.5 Å². The number of carboxylic acids is 1. The number of carbonyl (C=O) groups is 1. The standard InChI is InChI=1S/C8H9N5O2/c9-12-10-4-5-7(8(14)15)6-2-1-3-13(6)11-5/h1-4H2,(H,14,15). The fourth-order valence-corrected chi connectivity index (χ4v) is 1.84. The summed E-state index contributed by atoms with van der Waals surface area (Å²) in [5, 5.41) is 16.5. The number of hydrogen-bond donors (Lipinski definition) is 1. The zero-order valence-corrected chi connectivity index (χ0v) is 7.92. The molecule has 0 saturated carbocycles. The second-order valence-electron chi connectivity index (χ2n) is 3.29.